The van der Waals surface area contributed by atoms with Gasteiger partial charge in [0, 0.05) is 11.6 Å². The number of fused-ring (bicyclic) bond motifs is 1. The van der Waals surface area contributed by atoms with E-state index in [2.05, 4.69) is 15.3 Å². The number of nitrogens with zero attached hydrogens (tertiary/aromatic N) is 5. The zero-order valence-electron chi connectivity index (χ0n) is 12.6. The summed E-state index contributed by atoms with van der Waals surface area (Å²) in [7, 11) is 0. The molecule has 2 aromatic heterocycles. The molecule has 8 heteroatoms. The zero-order chi connectivity index (χ0) is 16.7. The molecular formula is C16H11N5O2S. The fraction of sp³-hybridized carbons (Fsp3) is 0.0625. The SMILES string of the molecule is Cc1ccccc1-c1nnc2sc(-c3ccccc3[N+](=O)[O-])nn12. The van der Waals surface area contributed by atoms with Crippen molar-refractivity contribution in [2.75, 3.05) is 0 Å². The summed E-state index contributed by atoms with van der Waals surface area (Å²) in [5.74, 6) is 0.629. The number of nitro benzene ring substituents is 1. The lowest BCUT2D eigenvalue weighted by Gasteiger charge is -2.01. The van der Waals surface area contributed by atoms with Gasteiger partial charge in [-0.2, -0.15) is 9.61 Å². The van der Waals surface area contributed by atoms with Gasteiger partial charge in [-0.15, -0.1) is 10.2 Å². The van der Waals surface area contributed by atoms with Gasteiger partial charge in [0.25, 0.3) is 5.69 Å². The van der Waals surface area contributed by atoms with Gasteiger partial charge in [0.15, 0.2) is 10.8 Å². The minimum atomic E-state index is -0.403. The Bertz CT molecular complexity index is 1070. The molecular weight excluding hydrogens is 326 g/mol. The highest BCUT2D eigenvalue weighted by Crippen LogP contribution is 2.33. The molecule has 2 aromatic carbocycles. The van der Waals surface area contributed by atoms with Gasteiger partial charge < -0.3 is 0 Å². The number of aryl methyl sites for hydroxylation is 1. The predicted molar refractivity (Wildman–Crippen MR) is 90.9 cm³/mol. The van der Waals surface area contributed by atoms with Crippen molar-refractivity contribution in [2.45, 2.75) is 6.92 Å². The second kappa shape index (κ2) is 5.50. The van der Waals surface area contributed by atoms with Crippen molar-refractivity contribution in [3.8, 4) is 22.0 Å². The van der Waals surface area contributed by atoms with Crippen LogP contribution in [0.1, 0.15) is 5.56 Å². The monoisotopic (exact) mass is 337 g/mol. The normalized spacial score (nSPS) is 11.0. The number of hydrogen-bond donors (Lipinski definition) is 0. The fourth-order valence-corrected chi connectivity index (χ4v) is 3.40. The standard InChI is InChI=1S/C16H11N5O2S/c1-10-6-2-3-7-11(10)14-17-18-16-20(14)19-15(24-16)12-8-4-5-9-13(12)21(22)23/h2-9H,1H3. The molecule has 4 rings (SSSR count). The maximum atomic E-state index is 11.2. The lowest BCUT2D eigenvalue weighted by Crippen LogP contribution is -1.94. The second-order valence-electron chi connectivity index (χ2n) is 5.21. The summed E-state index contributed by atoms with van der Waals surface area (Å²) >= 11 is 1.28. The molecule has 24 heavy (non-hydrogen) atoms. The van der Waals surface area contributed by atoms with Crippen molar-refractivity contribution < 1.29 is 4.92 Å². The van der Waals surface area contributed by atoms with E-state index in [1.807, 2.05) is 31.2 Å². The van der Waals surface area contributed by atoms with Crippen molar-refractivity contribution in [2.24, 2.45) is 0 Å². The first kappa shape index (κ1) is 14.5. The van der Waals surface area contributed by atoms with Crippen LogP contribution in [0.2, 0.25) is 0 Å². The Morgan fingerprint density at radius 3 is 2.50 bits per heavy atom. The topological polar surface area (TPSA) is 86.2 Å². The van der Waals surface area contributed by atoms with Gasteiger partial charge in [0.2, 0.25) is 4.96 Å². The van der Waals surface area contributed by atoms with Gasteiger partial charge in [-0.1, -0.05) is 47.7 Å². The molecule has 0 aliphatic heterocycles. The average molecular weight is 337 g/mol. The average Bonchev–Trinajstić information content (AvgIpc) is 3.16. The summed E-state index contributed by atoms with van der Waals surface area (Å²) in [5, 5.41) is 24.6. The van der Waals surface area contributed by atoms with Gasteiger partial charge >= 0.3 is 0 Å². The number of para-hydroxylation sites is 1. The molecule has 0 bridgehead atoms. The van der Waals surface area contributed by atoms with Crippen molar-refractivity contribution in [3.05, 3.63) is 64.2 Å². The van der Waals surface area contributed by atoms with Crippen LogP contribution in [0, 0.1) is 17.0 Å². The maximum absolute atomic E-state index is 11.2. The molecule has 0 saturated carbocycles. The van der Waals surface area contributed by atoms with Gasteiger partial charge in [0.05, 0.1) is 10.5 Å². The highest BCUT2D eigenvalue weighted by molar-refractivity contribution is 7.19. The Hall–Kier alpha value is -3.13. The Morgan fingerprint density at radius 1 is 1.04 bits per heavy atom. The molecule has 0 spiro atoms. The number of hydrogen-bond acceptors (Lipinski definition) is 6. The Kier molecular flexibility index (Phi) is 3.31. The van der Waals surface area contributed by atoms with Gasteiger partial charge in [-0.3, -0.25) is 10.1 Å². The molecule has 0 aliphatic rings. The summed E-state index contributed by atoms with van der Waals surface area (Å²) in [6.45, 7) is 1.99. The Morgan fingerprint density at radius 2 is 1.75 bits per heavy atom. The summed E-state index contributed by atoms with van der Waals surface area (Å²) < 4.78 is 1.64. The van der Waals surface area contributed by atoms with Gasteiger partial charge in [-0.05, 0) is 18.6 Å². The van der Waals surface area contributed by atoms with E-state index in [0.717, 1.165) is 11.1 Å². The first-order valence-electron chi connectivity index (χ1n) is 7.17. The van der Waals surface area contributed by atoms with Crippen LogP contribution in [-0.4, -0.2) is 24.7 Å². The van der Waals surface area contributed by atoms with Crippen LogP contribution in [0.4, 0.5) is 5.69 Å². The molecule has 2 heterocycles. The maximum Gasteiger partial charge on any atom is 0.279 e. The van der Waals surface area contributed by atoms with Crippen molar-refractivity contribution >= 4 is 22.0 Å². The summed E-state index contributed by atoms with van der Waals surface area (Å²) in [4.78, 5) is 11.4. The molecule has 0 amide bonds. The molecule has 0 unspecified atom stereocenters. The third-order valence-electron chi connectivity index (χ3n) is 3.71. The van der Waals surface area contributed by atoms with E-state index in [1.165, 1.54) is 17.4 Å². The second-order valence-corrected chi connectivity index (χ2v) is 6.17. The van der Waals surface area contributed by atoms with E-state index in [0.29, 0.717) is 21.4 Å². The number of aromatic nitrogens is 4. The van der Waals surface area contributed by atoms with E-state index < -0.39 is 4.92 Å². The van der Waals surface area contributed by atoms with Crippen LogP contribution >= 0.6 is 11.3 Å². The van der Waals surface area contributed by atoms with Crippen LogP contribution in [0.3, 0.4) is 0 Å². The Labute approximate surface area is 140 Å². The Balaban J connectivity index is 1.90. The fourth-order valence-electron chi connectivity index (χ4n) is 2.53. The highest BCUT2D eigenvalue weighted by Gasteiger charge is 2.20. The molecule has 0 N–H and O–H groups in total. The van der Waals surface area contributed by atoms with Crippen molar-refractivity contribution in [3.63, 3.8) is 0 Å². The summed E-state index contributed by atoms with van der Waals surface area (Å²) in [5.41, 5.74) is 2.50. The van der Waals surface area contributed by atoms with Crippen LogP contribution in [0.5, 0.6) is 0 Å². The van der Waals surface area contributed by atoms with E-state index in [1.54, 1.807) is 22.7 Å². The molecule has 0 saturated heterocycles. The van der Waals surface area contributed by atoms with Crippen LogP contribution < -0.4 is 0 Å². The van der Waals surface area contributed by atoms with E-state index >= 15 is 0 Å². The number of rotatable bonds is 3. The molecule has 4 aromatic rings. The number of benzene rings is 2. The van der Waals surface area contributed by atoms with Crippen LogP contribution in [0.15, 0.2) is 48.5 Å². The summed E-state index contributed by atoms with van der Waals surface area (Å²) in [6.07, 6.45) is 0. The predicted octanol–water partition coefficient (Wildman–Crippen LogP) is 3.74. The third-order valence-corrected chi connectivity index (χ3v) is 4.64. The van der Waals surface area contributed by atoms with E-state index in [-0.39, 0.29) is 5.69 Å². The first-order chi connectivity index (χ1) is 11.6. The zero-order valence-corrected chi connectivity index (χ0v) is 13.4. The lowest BCUT2D eigenvalue weighted by atomic mass is 10.1. The number of nitro groups is 1. The van der Waals surface area contributed by atoms with Gasteiger partial charge in [0.1, 0.15) is 0 Å². The minimum Gasteiger partial charge on any atom is -0.258 e. The van der Waals surface area contributed by atoms with Crippen molar-refractivity contribution in [1.29, 1.82) is 0 Å². The van der Waals surface area contributed by atoms with Gasteiger partial charge in [-0.25, -0.2) is 0 Å². The van der Waals surface area contributed by atoms with Crippen LogP contribution in [-0.2, 0) is 0 Å². The third kappa shape index (κ3) is 2.24. The summed E-state index contributed by atoms with van der Waals surface area (Å²) in [6, 6.07) is 14.4. The largest absolute Gasteiger partial charge is 0.279 e. The van der Waals surface area contributed by atoms with E-state index in [9.17, 15) is 10.1 Å². The van der Waals surface area contributed by atoms with Crippen LogP contribution in [0.25, 0.3) is 26.9 Å². The first-order valence-corrected chi connectivity index (χ1v) is 7.99. The molecule has 0 radical (unpaired) electrons. The lowest BCUT2D eigenvalue weighted by molar-refractivity contribution is -0.384. The van der Waals surface area contributed by atoms with Crippen molar-refractivity contribution in [1.82, 2.24) is 19.8 Å². The molecule has 0 atom stereocenters. The molecule has 0 fully saturated rings. The minimum absolute atomic E-state index is 0.0277. The molecule has 0 aliphatic carbocycles. The van der Waals surface area contributed by atoms with E-state index in [4.69, 9.17) is 0 Å². The highest BCUT2D eigenvalue weighted by atomic mass is 32.1. The molecule has 118 valence electrons. The molecule has 7 nitrogen and oxygen atoms in total. The quantitative estimate of drug-likeness (QED) is 0.420. The smallest absolute Gasteiger partial charge is 0.258 e.